The van der Waals surface area contributed by atoms with Gasteiger partial charge in [-0.2, -0.15) is 0 Å². The van der Waals surface area contributed by atoms with Crippen LogP contribution in [-0.2, 0) is 16.1 Å². The minimum atomic E-state index is 0. The standard InChI is InChI=1S/C18H25N3O2.ClH/c1-13-11-15(5-7-19-13)18(22)20-16-4-3-14-6-8-21(9-10-23-2)17(14)12-16;/h3-4,6,8,12-13,15,19H,5,7,9-11H2,1-2H3,(H,20,22);1H/t13-,15-;/m0./s1. The molecule has 1 saturated heterocycles. The Bertz CT molecular complexity index is 686. The number of nitrogens with zero attached hydrogens (tertiary/aromatic N) is 1. The van der Waals surface area contributed by atoms with Crippen molar-refractivity contribution in [2.45, 2.75) is 32.4 Å². The largest absolute Gasteiger partial charge is 0.383 e. The molecule has 1 aromatic carbocycles. The number of hydrogen-bond acceptors (Lipinski definition) is 3. The molecule has 5 nitrogen and oxygen atoms in total. The van der Waals surface area contributed by atoms with Crippen LogP contribution in [0.2, 0.25) is 0 Å². The zero-order chi connectivity index (χ0) is 16.2. The Morgan fingerprint density at radius 1 is 1.42 bits per heavy atom. The Kier molecular flexibility index (Phi) is 6.66. The molecule has 1 aliphatic rings. The lowest BCUT2D eigenvalue weighted by Crippen LogP contribution is -2.40. The first-order valence-corrected chi connectivity index (χ1v) is 8.29. The topological polar surface area (TPSA) is 55.3 Å². The molecule has 2 heterocycles. The van der Waals surface area contributed by atoms with Gasteiger partial charge in [0.25, 0.3) is 0 Å². The Morgan fingerprint density at radius 2 is 2.25 bits per heavy atom. The van der Waals surface area contributed by atoms with E-state index in [1.54, 1.807) is 7.11 Å². The van der Waals surface area contributed by atoms with Gasteiger partial charge in [-0.1, -0.05) is 6.07 Å². The summed E-state index contributed by atoms with van der Waals surface area (Å²) in [5.74, 6) is 0.231. The number of methoxy groups -OCH3 is 1. The number of hydrogen-bond donors (Lipinski definition) is 2. The first-order valence-electron chi connectivity index (χ1n) is 8.29. The minimum Gasteiger partial charge on any atom is -0.383 e. The molecule has 24 heavy (non-hydrogen) atoms. The lowest BCUT2D eigenvalue weighted by atomic mass is 9.92. The van der Waals surface area contributed by atoms with Gasteiger partial charge < -0.3 is 19.9 Å². The van der Waals surface area contributed by atoms with E-state index < -0.39 is 0 Å². The number of fused-ring (bicyclic) bond motifs is 1. The van der Waals surface area contributed by atoms with Gasteiger partial charge in [0, 0.05) is 37.5 Å². The molecule has 0 saturated carbocycles. The lowest BCUT2D eigenvalue weighted by Gasteiger charge is -2.27. The molecular weight excluding hydrogens is 326 g/mol. The van der Waals surface area contributed by atoms with Gasteiger partial charge in [-0.15, -0.1) is 12.4 Å². The molecule has 3 rings (SSSR count). The van der Waals surface area contributed by atoms with Crippen LogP contribution in [0.25, 0.3) is 10.9 Å². The maximum absolute atomic E-state index is 12.5. The zero-order valence-electron chi connectivity index (χ0n) is 14.2. The molecule has 2 N–H and O–H groups in total. The second-order valence-corrected chi connectivity index (χ2v) is 6.34. The fourth-order valence-electron chi connectivity index (χ4n) is 3.26. The number of aromatic nitrogens is 1. The highest BCUT2D eigenvalue weighted by molar-refractivity contribution is 5.95. The second kappa shape index (κ2) is 8.51. The molecule has 1 amide bonds. The monoisotopic (exact) mass is 351 g/mol. The summed E-state index contributed by atoms with van der Waals surface area (Å²) in [5, 5.41) is 7.64. The highest BCUT2D eigenvalue weighted by Crippen LogP contribution is 2.23. The Hall–Kier alpha value is -1.56. The normalized spacial score (nSPS) is 20.6. The molecule has 0 bridgehead atoms. The van der Waals surface area contributed by atoms with E-state index in [4.69, 9.17) is 4.74 Å². The Morgan fingerprint density at radius 3 is 3.00 bits per heavy atom. The fraction of sp³-hybridized carbons (Fsp3) is 0.500. The number of benzene rings is 1. The van der Waals surface area contributed by atoms with Crippen molar-refractivity contribution < 1.29 is 9.53 Å². The van der Waals surface area contributed by atoms with E-state index >= 15 is 0 Å². The molecule has 0 aliphatic carbocycles. The van der Waals surface area contributed by atoms with Crippen LogP contribution in [0.4, 0.5) is 5.69 Å². The molecule has 1 aromatic heterocycles. The number of amides is 1. The van der Waals surface area contributed by atoms with E-state index in [0.29, 0.717) is 12.6 Å². The van der Waals surface area contributed by atoms with E-state index in [2.05, 4.69) is 40.5 Å². The third-order valence-corrected chi connectivity index (χ3v) is 4.57. The van der Waals surface area contributed by atoms with E-state index in [9.17, 15) is 4.79 Å². The number of carbonyl (C=O) groups is 1. The summed E-state index contributed by atoms with van der Waals surface area (Å²) < 4.78 is 7.31. The minimum absolute atomic E-state index is 0. The molecule has 2 atom stereocenters. The summed E-state index contributed by atoms with van der Waals surface area (Å²) in [4.78, 5) is 12.5. The summed E-state index contributed by atoms with van der Waals surface area (Å²) in [6, 6.07) is 8.58. The molecule has 0 spiro atoms. The summed E-state index contributed by atoms with van der Waals surface area (Å²) in [7, 11) is 1.71. The summed E-state index contributed by atoms with van der Waals surface area (Å²) in [5.41, 5.74) is 1.99. The fourth-order valence-corrected chi connectivity index (χ4v) is 3.26. The number of rotatable bonds is 5. The van der Waals surface area contributed by atoms with Gasteiger partial charge in [-0.05, 0) is 49.9 Å². The summed E-state index contributed by atoms with van der Waals surface area (Å²) in [6.07, 6.45) is 3.87. The molecule has 2 aromatic rings. The molecule has 0 unspecified atom stereocenters. The first kappa shape index (κ1) is 18.8. The SMILES string of the molecule is COCCn1ccc2ccc(NC(=O)[C@H]3CCN[C@@H](C)C3)cc21.Cl. The van der Waals surface area contributed by atoms with Crippen molar-refractivity contribution in [2.75, 3.05) is 25.6 Å². The molecule has 1 fully saturated rings. The van der Waals surface area contributed by atoms with Crippen LogP contribution in [0.1, 0.15) is 19.8 Å². The van der Waals surface area contributed by atoms with Gasteiger partial charge in [-0.25, -0.2) is 0 Å². The van der Waals surface area contributed by atoms with Crippen LogP contribution in [0.15, 0.2) is 30.5 Å². The Labute approximate surface area is 149 Å². The van der Waals surface area contributed by atoms with E-state index in [-0.39, 0.29) is 24.2 Å². The predicted octanol–water partition coefficient (Wildman–Crippen LogP) is 3.04. The average molecular weight is 352 g/mol. The maximum Gasteiger partial charge on any atom is 0.227 e. The van der Waals surface area contributed by atoms with E-state index in [1.807, 2.05) is 12.1 Å². The van der Waals surface area contributed by atoms with Crippen LogP contribution >= 0.6 is 12.4 Å². The van der Waals surface area contributed by atoms with E-state index in [1.165, 1.54) is 5.39 Å². The molecule has 132 valence electrons. The first-order chi connectivity index (χ1) is 11.2. The van der Waals surface area contributed by atoms with Crippen molar-refractivity contribution in [2.24, 2.45) is 5.92 Å². The van der Waals surface area contributed by atoms with Crippen molar-refractivity contribution in [3.8, 4) is 0 Å². The quantitative estimate of drug-likeness (QED) is 0.870. The van der Waals surface area contributed by atoms with E-state index in [0.717, 1.165) is 37.1 Å². The highest BCUT2D eigenvalue weighted by Gasteiger charge is 2.24. The predicted molar refractivity (Wildman–Crippen MR) is 99.9 cm³/mol. The van der Waals surface area contributed by atoms with Gasteiger partial charge >= 0.3 is 0 Å². The number of carbonyl (C=O) groups excluding carboxylic acids is 1. The molecular formula is C18H26ClN3O2. The van der Waals surface area contributed by atoms with Crippen molar-refractivity contribution in [1.82, 2.24) is 9.88 Å². The third kappa shape index (κ3) is 4.29. The van der Waals surface area contributed by atoms with Crippen LogP contribution in [-0.4, -0.2) is 36.8 Å². The van der Waals surface area contributed by atoms with Gasteiger partial charge in [0.05, 0.1) is 12.1 Å². The van der Waals surface area contributed by atoms with Gasteiger partial charge in [0.1, 0.15) is 0 Å². The number of halogens is 1. The highest BCUT2D eigenvalue weighted by atomic mass is 35.5. The van der Waals surface area contributed by atoms with Crippen LogP contribution in [0, 0.1) is 5.92 Å². The lowest BCUT2D eigenvalue weighted by molar-refractivity contribution is -0.120. The second-order valence-electron chi connectivity index (χ2n) is 6.34. The molecule has 6 heteroatoms. The number of nitrogens with one attached hydrogen (secondary N) is 2. The third-order valence-electron chi connectivity index (χ3n) is 4.57. The maximum atomic E-state index is 12.5. The van der Waals surface area contributed by atoms with Crippen LogP contribution in [0.3, 0.4) is 0 Å². The Balaban J connectivity index is 0.00000208. The number of anilines is 1. The smallest absolute Gasteiger partial charge is 0.227 e. The van der Waals surface area contributed by atoms with Crippen LogP contribution in [0.5, 0.6) is 0 Å². The summed E-state index contributed by atoms with van der Waals surface area (Å²) >= 11 is 0. The van der Waals surface area contributed by atoms with Crippen molar-refractivity contribution >= 4 is 34.9 Å². The number of piperidine rings is 1. The molecule has 0 radical (unpaired) electrons. The van der Waals surface area contributed by atoms with Gasteiger partial charge in [0.15, 0.2) is 0 Å². The van der Waals surface area contributed by atoms with Gasteiger partial charge in [-0.3, -0.25) is 4.79 Å². The van der Waals surface area contributed by atoms with Crippen molar-refractivity contribution in [3.63, 3.8) is 0 Å². The van der Waals surface area contributed by atoms with Crippen molar-refractivity contribution in [1.29, 1.82) is 0 Å². The zero-order valence-corrected chi connectivity index (χ0v) is 15.1. The van der Waals surface area contributed by atoms with Crippen LogP contribution < -0.4 is 10.6 Å². The van der Waals surface area contributed by atoms with Crippen molar-refractivity contribution in [3.05, 3.63) is 30.5 Å². The molecule has 1 aliphatic heterocycles. The van der Waals surface area contributed by atoms with Gasteiger partial charge in [0.2, 0.25) is 5.91 Å². The number of ether oxygens (including phenoxy) is 1. The average Bonchev–Trinajstić information content (AvgIpc) is 2.95. The summed E-state index contributed by atoms with van der Waals surface area (Å²) in [6.45, 7) is 4.53.